The van der Waals surface area contributed by atoms with Crippen LogP contribution < -0.4 is 10.4 Å². The molecule has 0 amide bonds. The minimum Gasteiger partial charge on any atom is -0.436 e. The van der Waals surface area contributed by atoms with Gasteiger partial charge in [0, 0.05) is 0 Å². The van der Waals surface area contributed by atoms with Crippen molar-refractivity contribution in [2.24, 2.45) is 0 Å². The van der Waals surface area contributed by atoms with Crippen molar-refractivity contribution in [3.8, 4) is 0 Å². The monoisotopic (exact) mass is 518 g/mol. The third-order valence-corrected chi connectivity index (χ3v) is 21.9. The molecule has 0 aliphatic carbocycles. The van der Waals surface area contributed by atoms with E-state index in [0.717, 1.165) is 6.04 Å². The molecule has 0 aliphatic rings. The van der Waals surface area contributed by atoms with Gasteiger partial charge in [-0.15, -0.1) is 0 Å². The smallest absolute Gasteiger partial charge is 0.388 e. The summed E-state index contributed by atoms with van der Waals surface area (Å²) in [6, 6.07) is 23.7. The molecule has 0 saturated carbocycles. The fourth-order valence-electron chi connectivity index (χ4n) is 4.47. The highest BCUT2D eigenvalue weighted by atomic mass is 28.5. The summed E-state index contributed by atoms with van der Waals surface area (Å²) in [6.45, 7) is 18.4. The molecule has 33 heavy (non-hydrogen) atoms. The van der Waals surface area contributed by atoms with E-state index in [9.17, 15) is 0 Å². The number of hydrogen-bond donors (Lipinski definition) is 0. The van der Waals surface area contributed by atoms with Crippen LogP contribution in [0.1, 0.15) is 39.5 Å². The molecule has 3 nitrogen and oxygen atoms in total. The van der Waals surface area contributed by atoms with E-state index in [1.54, 1.807) is 0 Å². The lowest BCUT2D eigenvalue weighted by Crippen LogP contribution is -2.71. The minimum absolute atomic E-state index is 1.14. The zero-order valence-corrected chi connectivity index (χ0v) is 26.2. The van der Waals surface area contributed by atoms with Crippen LogP contribution in [0, 0.1) is 0 Å². The molecule has 0 saturated heterocycles. The van der Waals surface area contributed by atoms with Crippen LogP contribution in [0.3, 0.4) is 0 Å². The summed E-state index contributed by atoms with van der Waals surface area (Å²) in [6.07, 6.45) is 4.81. The van der Waals surface area contributed by atoms with E-state index >= 15 is 0 Å². The van der Waals surface area contributed by atoms with Crippen LogP contribution >= 0.6 is 0 Å². The molecule has 2 aromatic carbocycles. The highest BCUT2D eigenvalue weighted by molar-refractivity contribution is 7.02. The van der Waals surface area contributed by atoms with Crippen molar-refractivity contribution in [2.45, 2.75) is 90.9 Å². The lowest BCUT2D eigenvalue weighted by atomic mass is 10.4. The fraction of sp³-hybridized carbons (Fsp3) is 0.538. The molecule has 0 heterocycles. The number of rotatable bonds is 14. The van der Waals surface area contributed by atoms with Gasteiger partial charge >= 0.3 is 17.1 Å². The number of unbranched alkanes of at least 4 members (excludes halogenated alkanes) is 2. The van der Waals surface area contributed by atoms with Crippen LogP contribution in [-0.2, 0) is 12.3 Å². The van der Waals surface area contributed by atoms with E-state index in [1.165, 1.54) is 42.1 Å². The molecule has 0 fully saturated rings. The molecule has 0 spiro atoms. The van der Waals surface area contributed by atoms with Crippen LogP contribution in [0.4, 0.5) is 0 Å². The Morgan fingerprint density at radius 1 is 0.545 bits per heavy atom. The van der Waals surface area contributed by atoms with E-state index in [1.807, 2.05) is 0 Å². The molecule has 0 atom stereocenters. The van der Waals surface area contributed by atoms with Crippen molar-refractivity contribution in [1.29, 1.82) is 0 Å². The molecule has 7 heteroatoms. The summed E-state index contributed by atoms with van der Waals surface area (Å²) in [4.78, 5) is 0. The second-order valence-corrected chi connectivity index (χ2v) is 26.5. The Labute approximate surface area is 207 Å². The molecule has 0 aromatic heterocycles. The maximum atomic E-state index is 7.36. The average Bonchev–Trinajstić information content (AvgIpc) is 2.76. The topological polar surface area (TPSA) is 27.7 Å². The summed E-state index contributed by atoms with van der Waals surface area (Å²) in [7, 11) is -9.30. The molecule has 0 aliphatic heterocycles. The molecule has 0 unspecified atom stereocenters. The van der Waals surface area contributed by atoms with Crippen LogP contribution in [0.2, 0.25) is 51.4 Å². The Bertz CT molecular complexity index is 786. The van der Waals surface area contributed by atoms with Gasteiger partial charge in [0.2, 0.25) is 0 Å². The first kappa shape index (κ1) is 28.4. The first-order chi connectivity index (χ1) is 15.5. The molecule has 2 aromatic rings. The molecule has 0 radical (unpaired) electrons. The van der Waals surface area contributed by atoms with Crippen LogP contribution in [0.25, 0.3) is 0 Å². The SMILES string of the molecule is CCCC[Si](C)(C)O[Si](C)(C)O[Si](O[Si](C)(C)CCCC)(c1ccccc1)c1ccccc1. The molecule has 184 valence electrons. The largest absolute Gasteiger partial charge is 0.436 e. The Morgan fingerprint density at radius 2 is 0.939 bits per heavy atom. The lowest BCUT2D eigenvalue weighted by Gasteiger charge is -2.44. The highest BCUT2D eigenvalue weighted by Gasteiger charge is 2.52. The Kier molecular flexibility index (Phi) is 10.5. The summed E-state index contributed by atoms with van der Waals surface area (Å²) >= 11 is 0. The van der Waals surface area contributed by atoms with Gasteiger partial charge in [-0.3, -0.25) is 0 Å². The zero-order chi connectivity index (χ0) is 24.6. The van der Waals surface area contributed by atoms with E-state index < -0.39 is 33.8 Å². The minimum atomic E-state index is -2.98. The third-order valence-electron chi connectivity index (χ3n) is 5.90. The van der Waals surface area contributed by atoms with Crippen molar-refractivity contribution in [3.05, 3.63) is 60.7 Å². The number of benzene rings is 2. The van der Waals surface area contributed by atoms with Crippen molar-refractivity contribution in [2.75, 3.05) is 0 Å². The van der Waals surface area contributed by atoms with Gasteiger partial charge in [-0.25, -0.2) is 0 Å². The maximum Gasteiger partial charge on any atom is 0.388 e. The second-order valence-electron chi connectivity index (χ2n) is 10.8. The summed E-state index contributed by atoms with van der Waals surface area (Å²) in [5.41, 5.74) is 0. The Morgan fingerprint density at radius 3 is 1.33 bits per heavy atom. The van der Waals surface area contributed by atoms with Gasteiger partial charge < -0.3 is 12.3 Å². The standard InChI is InChI=1S/C26H46O3Si4/c1-9-11-23-30(3,4)27-32(7,8)29-33(25-19-15-13-16-20-25,26-21-17-14-18-22-26)28-31(5,6)24-12-10-2/h13-22H,9-12,23-24H2,1-8H3. The van der Waals surface area contributed by atoms with Crippen molar-refractivity contribution in [1.82, 2.24) is 0 Å². The van der Waals surface area contributed by atoms with Gasteiger partial charge in [-0.2, -0.15) is 0 Å². The highest BCUT2D eigenvalue weighted by Crippen LogP contribution is 2.28. The van der Waals surface area contributed by atoms with Crippen molar-refractivity contribution >= 4 is 44.1 Å². The summed E-state index contributed by atoms with van der Waals surface area (Å²) in [5.74, 6) is 0. The van der Waals surface area contributed by atoms with Gasteiger partial charge in [0.25, 0.3) is 0 Å². The number of hydrogen-bond acceptors (Lipinski definition) is 3. The van der Waals surface area contributed by atoms with Crippen LogP contribution in [-0.4, -0.2) is 33.8 Å². The Hall–Kier alpha value is -0.812. The first-order valence-corrected chi connectivity index (χ1v) is 23.5. The van der Waals surface area contributed by atoms with E-state index in [4.69, 9.17) is 12.3 Å². The first-order valence-electron chi connectivity index (χ1n) is 12.7. The van der Waals surface area contributed by atoms with Gasteiger partial charge in [-0.05, 0) is 61.7 Å². The van der Waals surface area contributed by atoms with Crippen molar-refractivity contribution < 1.29 is 12.3 Å². The maximum absolute atomic E-state index is 7.36. The van der Waals surface area contributed by atoms with Gasteiger partial charge in [0.1, 0.15) is 0 Å². The van der Waals surface area contributed by atoms with Crippen LogP contribution in [0.15, 0.2) is 60.7 Å². The summed E-state index contributed by atoms with van der Waals surface area (Å²) in [5, 5.41) is 2.37. The van der Waals surface area contributed by atoms with Crippen LogP contribution in [0.5, 0.6) is 0 Å². The third kappa shape index (κ3) is 8.72. The van der Waals surface area contributed by atoms with Gasteiger partial charge in [-0.1, -0.05) is 100 Å². The Balaban J connectivity index is 2.57. The molecular formula is C26H46O3Si4. The van der Waals surface area contributed by atoms with Crippen molar-refractivity contribution in [3.63, 3.8) is 0 Å². The molecule has 0 N–H and O–H groups in total. The van der Waals surface area contributed by atoms with Gasteiger partial charge in [0.15, 0.2) is 16.6 Å². The predicted molar refractivity (Wildman–Crippen MR) is 153 cm³/mol. The van der Waals surface area contributed by atoms with E-state index in [-0.39, 0.29) is 0 Å². The van der Waals surface area contributed by atoms with Gasteiger partial charge in [0.05, 0.1) is 0 Å². The summed E-state index contributed by atoms with van der Waals surface area (Å²) < 4.78 is 21.6. The fourth-order valence-corrected chi connectivity index (χ4v) is 23.5. The van der Waals surface area contributed by atoms with E-state index in [2.05, 4.69) is 114 Å². The van der Waals surface area contributed by atoms with E-state index in [0.29, 0.717) is 0 Å². The quantitative estimate of drug-likeness (QED) is 0.252. The average molecular weight is 519 g/mol. The lowest BCUT2D eigenvalue weighted by molar-refractivity contribution is 0.339. The normalized spacial score (nSPS) is 13.3. The molecule has 2 rings (SSSR count). The molecular weight excluding hydrogens is 473 g/mol. The second kappa shape index (κ2) is 12.2. The zero-order valence-electron chi connectivity index (χ0n) is 22.2. The predicted octanol–water partition coefficient (Wildman–Crippen LogP) is 7.01. The molecule has 0 bridgehead atoms.